The van der Waals surface area contributed by atoms with Crippen LogP contribution in [-0.4, -0.2) is 7.85 Å². The minimum atomic E-state index is 0.495. The third-order valence-corrected chi connectivity index (χ3v) is 5.38. The summed E-state index contributed by atoms with van der Waals surface area (Å²) in [6, 6.07) is 0. The van der Waals surface area contributed by atoms with Crippen molar-refractivity contribution < 1.29 is 21.2 Å². The molecular weight excluding hydrogens is 211 g/mol. The summed E-state index contributed by atoms with van der Waals surface area (Å²) in [5, 5.41) is 0. The van der Waals surface area contributed by atoms with Crippen LogP contribution in [0.2, 0.25) is 0 Å². The molecule has 0 aliphatic carbocycles. The molecular formula is C7H12I-. The van der Waals surface area contributed by atoms with E-state index in [1.54, 1.807) is 0 Å². The average Bonchev–Trinajstić information content (AvgIpc) is 2.14. The van der Waals surface area contributed by atoms with E-state index in [-0.39, 0.29) is 0 Å². The molecule has 0 N–H and O–H groups in total. The van der Waals surface area contributed by atoms with Crippen LogP contribution < -0.4 is 21.2 Å². The Morgan fingerprint density at radius 1 is 1.62 bits per heavy atom. The van der Waals surface area contributed by atoms with Crippen molar-refractivity contribution in [3.8, 4) is 0 Å². The quantitative estimate of drug-likeness (QED) is 0.298. The molecule has 48 valence electrons. The van der Waals surface area contributed by atoms with E-state index in [0.29, 0.717) is 21.2 Å². The molecule has 0 nitrogen and oxygen atoms in total. The zero-order valence-electron chi connectivity index (χ0n) is 5.23. The van der Waals surface area contributed by atoms with Gasteiger partial charge in [-0.15, -0.1) is 0 Å². The van der Waals surface area contributed by atoms with E-state index >= 15 is 0 Å². The number of alkyl halides is 2. The molecule has 1 aliphatic rings. The van der Waals surface area contributed by atoms with E-state index in [1.807, 2.05) is 0 Å². The van der Waals surface area contributed by atoms with Crippen molar-refractivity contribution >= 4 is 0 Å². The molecule has 0 aromatic carbocycles. The van der Waals surface area contributed by atoms with E-state index in [0.717, 1.165) is 7.85 Å². The fraction of sp³-hybridized carbons (Fsp3) is 0.714. The Morgan fingerprint density at radius 2 is 2.38 bits per heavy atom. The molecule has 0 bridgehead atoms. The number of allylic oxidation sites excluding steroid dienone is 1. The Balaban J connectivity index is 2.32. The second-order valence-corrected chi connectivity index (χ2v) is 6.68. The van der Waals surface area contributed by atoms with Crippen molar-refractivity contribution in [1.29, 1.82) is 0 Å². The molecule has 0 amide bonds. The summed E-state index contributed by atoms with van der Waals surface area (Å²) in [4.78, 5) is 0. The van der Waals surface area contributed by atoms with Crippen molar-refractivity contribution in [3.05, 3.63) is 12.7 Å². The number of hydrogen-bond donors (Lipinski definition) is 0. The minimum absolute atomic E-state index is 0.495. The monoisotopic (exact) mass is 223 g/mol. The van der Waals surface area contributed by atoms with Gasteiger partial charge in [0.2, 0.25) is 0 Å². The van der Waals surface area contributed by atoms with Crippen LogP contribution in [-0.2, 0) is 0 Å². The molecule has 2 atom stereocenters. The van der Waals surface area contributed by atoms with Crippen LogP contribution in [0.4, 0.5) is 0 Å². The molecule has 2 unspecified atom stereocenters. The Morgan fingerprint density at radius 3 is 2.62 bits per heavy atom. The fourth-order valence-electron chi connectivity index (χ4n) is 0.960. The van der Waals surface area contributed by atoms with E-state index in [2.05, 4.69) is 19.6 Å². The van der Waals surface area contributed by atoms with Gasteiger partial charge < -0.3 is 0 Å². The second-order valence-electron chi connectivity index (χ2n) is 2.24. The zero-order chi connectivity index (χ0) is 5.98. The predicted octanol–water partition coefficient (Wildman–Crippen LogP) is -1.19. The van der Waals surface area contributed by atoms with Crippen molar-refractivity contribution in [2.24, 2.45) is 0 Å². The van der Waals surface area contributed by atoms with Crippen LogP contribution >= 0.6 is 0 Å². The molecule has 0 spiro atoms. The molecule has 8 heavy (non-hydrogen) atoms. The first-order valence-corrected chi connectivity index (χ1v) is 5.56. The SMILES string of the molecule is C=CC1CCC(C)[I-]1. The predicted molar refractivity (Wildman–Crippen MR) is 32.7 cm³/mol. The summed E-state index contributed by atoms with van der Waals surface area (Å²) < 4.78 is 2.01. The standard InChI is InChI=1S/C7H12I/c1-3-7-5-4-6(2)8-7/h3,6-7H,1,4-5H2,2H3/q-1. The maximum absolute atomic E-state index is 3.80. The summed E-state index contributed by atoms with van der Waals surface area (Å²) >= 11 is 0.495. The third-order valence-electron chi connectivity index (χ3n) is 1.47. The molecule has 1 heterocycles. The molecule has 0 aromatic rings. The maximum atomic E-state index is 3.80. The number of rotatable bonds is 1. The summed E-state index contributed by atoms with van der Waals surface area (Å²) in [6.45, 7) is 6.18. The van der Waals surface area contributed by atoms with Gasteiger partial charge in [0, 0.05) is 0 Å². The Kier molecular flexibility index (Phi) is 2.35. The van der Waals surface area contributed by atoms with Gasteiger partial charge in [-0.3, -0.25) is 0 Å². The molecule has 1 heteroatoms. The van der Waals surface area contributed by atoms with Crippen LogP contribution in [0, 0.1) is 0 Å². The van der Waals surface area contributed by atoms with Crippen molar-refractivity contribution in [3.63, 3.8) is 0 Å². The van der Waals surface area contributed by atoms with E-state index in [4.69, 9.17) is 0 Å². The first-order chi connectivity index (χ1) is 3.83. The van der Waals surface area contributed by atoms with E-state index in [9.17, 15) is 0 Å². The van der Waals surface area contributed by atoms with E-state index in [1.165, 1.54) is 12.8 Å². The van der Waals surface area contributed by atoms with Gasteiger partial charge in [-0.1, -0.05) is 0 Å². The van der Waals surface area contributed by atoms with Gasteiger partial charge >= 0.3 is 61.5 Å². The van der Waals surface area contributed by atoms with Crippen LogP contribution in [0.15, 0.2) is 12.7 Å². The molecule has 0 radical (unpaired) electrons. The van der Waals surface area contributed by atoms with Gasteiger partial charge in [0.15, 0.2) is 0 Å². The molecule has 0 saturated carbocycles. The molecule has 1 fully saturated rings. The summed E-state index contributed by atoms with van der Waals surface area (Å²) in [6.07, 6.45) is 5.04. The van der Waals surface area contributed by atoms with Crippen molar-refractivity contribution in [2.45, 2.75) is 27.6 Å². The van der Waals surface area contributed by atoms with Crippen LogP contribution in [0.25, 0.3) is 0 Å². The van der Waals surface area contributed by atoms with Gasteiger partial charge in [0.25, 0.3) is 0 Å². The first-order valence-electron chi connectivity index (χ1n) is 3.07. The van der Waals surface area contributed by atoms with Gasteiger partial charge in [-0.05, 0) is 0 Å². The number of hydrogen-bond acceptors (Lipinski definition) is 0. The second kappa shape index (κ2) is 2.85. The van der Waals surface area contributed by atoms with Gasteiger partial charge in [-0.2, -0.15) is 0 Å². The van der Waals surface area contributed by atoms with Crippen molar-refractivity contribution in [1.82, 2.24) is 0 Å². The molecule has 1 saturated heterocycles. The van der Waals surface area contributed by atoms with Gasteiger partial charge in [0.05, 0.1) is 0 Å². The summed E-state index contributed by atoms with van der Waals surface area (Å²) in [5.41, 5.74) is 0. The molecule has 0 aromatic heterocycles. The molecule has 1 aliphatic heterocycles. The topological polar surface area (TPSA) is 0 Å². The molecule has 1 rings (SSSR count). The Bertz CT molecular complexity index is 88.4. The zero-order valence-corrected chi connectivity index (χ0v) is 7.39. The Labute approximate surface area is 61.6 Å². The van der Waals surface area contributed by atoms with E-state index < -0.39 is 0 Å². The average molecular weight is 223 g/mol. The Hall–Kier alpha value is 0.470. The van der Waals surface area contributed by atoms with Crippen LogP contribution in [0.1, 0.15) is 19.8 Å². The van der Waals surface area contributed by atoms with Crippen molar-refractivity contribution in [2.75, 3.05) is 0 Å². The fourth-order valence-corrected chi connectivity index (χ4v) is 4.27. The summed E-state index contributed by atoms with van der Waals surface area (Å²) in [5.74, 6) is 0. The summed E-state index contributed by atoms with van der Waals surface area (Å²) in [7, 11) is 0. The third kappa shape index (κ3) is 1.47. The number of halogens is 1. The van der Waals surface area contributed by atoms with Gasteiger partial charge in [-0.25, -0.2) is 0 Å². The van der Waals surface area contributed by atoms with Crippen LogP contribution in [0.3, 0.4) is 0 Å². The normalized spacial score (nSPS) is 38.6. The van der Waals surface area contributed by atoms with Crippen LogP contribution in [0.5, 0.6) is 0 Å². The first kappa shape index (κ1) is 6.59. The van der Waals surface area contributed by atoms with Gasteiger partial charge in [0.1, 0.15) is 0 Å².